The normalized spacial score (nSPS) is 22.5. The second-order valence-electron chi connectivity index (χ2n) is 6.33. The first-order valence-electron chi connectivity index (χ1n) is 8.46. The van der Waals surface area contributed by atoms with Crippen molar-refractivity contribution in [2.24, 2.45) is 0 Å². The molecular formula is C18H24FNO3. The summed E-state index contributed by atoms with van der Waals surface area (Å²) in [6.07, 6.45) is 4.42. The molecule has 0 N–H and O–H groups in total. The van der Waals surface area contributed by atoms with Crippen LogP contribution in [0.25, 0.3) is 0 Å². The number of piperidine rings is 1. The molecule has 2 fully saturated rings. The summed E-state index contributed by atoms with van der Waals surface area (Å²) in [5.74, 6) is -0.0632. The predicted molar refractivity (Wildman–Crippen MR) is 84.6 cm³/mol. The molecule has 1 unspecified atom stereocenters. The Bertz CT molecular complexity index is 506. The van der Waals surface area contributed by atoms with Crippen molar-refractivity contribution in [3.05, 3.63) is 35.6 Å². The number of nitrogens with zero attached hydrogens (tertiary/aromatic N) is 1. The molecule has 5 heteroatoms. The fourth-order valence-corrected chi connectivity index (χ4v) is 3.19. The van der Waals surface area contributed by atoms with Gasteiger partial charge in [-0.3, -0.25) is 4.79 Å². The van der Waals surface area contributed by atoms with Gasteiger partial charge in [-0.05, 0) is 43.4 Å². The molecule has 0 aliphatic carbocycles. The molecule has 0 bridgehead atoms. The van der Waals surface area contributed by atoms with Crippen molar-refractivity contribution in [1.82, 2.24) is 4.90 Å². The first kappa shape index (κ1) is 16.4. The molecule has 2 aliphatic rings. The molecule has 1 amide bonds. The highest BCUT2D eigenvalue weighted by Crippen LogP contribution is 2.20. The van der Waals surface area contributed by atoms with Gasteiger partial charge in [-0.25, -0.2) is 4.39 Å². The number of carbonyl (C=O) groups excluding carboxylic acids is 1. The van der Waals surface area contributed by atoms with Crippen molar-refractivity contribution < 1.29 is 18.7 Å². The number of hydrogen-bond donors (Lipinski definition) is 0. The Balaban J connectivity index is 1.38. The average Bonchev–Trinajstić information content (AvgIpc) is 3.08. The first-order chi connectivity index (χ1) is 11.2. The van der Waals surface area contributed by atoms with Gasteiger partial charge in [-0.2, -0.15) is 0 Å². The summed E-state index contributed by atoms with van der Waals surface area (Å²) in [4.78, 5) is 14.2. The molecule has 23 heavy (non-hydrogen) atoms. The topological polar surface area (TPSA) is 38.8 Å². The monoisotopic (exact) mass is 321 g/mol. The summed E-state index contributed by atoms with van der Waals surface area (Å²) in [6.45, 7) is 3.03. The van der Waals surface area contributed by atoms with E-state index in [2.05, 4.69) is 0 Å². The number of aryl methyl sites for hydroxylation is 1. The Hall–Kier alpha value is -1.46. The highest BCUT2D eigenvalue weighted by molar-refractivity contribution is 5.76. The third kappa shape index (κ3) is 4.75. The largest absolute Gasteiger partial charge is 0.379 e. The molecule has 0 spiro atoms. The van der Waals surface area contributed by atoms with Crippen LogP contribution in [0.1, 0.15) is 31.2 Å². The van der Waals surface area contributed by atoms with Gasteiger partial charge >= 0.3 is 0 Å². The maximum absolute atomic E-state index is 12.9. The Kier molecular flexibility index (Phi) is 5.62. The quantitative estimate of drug-likeness (QED) is 0.836. The van der Waals surface area contributed by atoms with Crippen molar-refractivity contribution in [2.45, 2.75) is 44.3 Å². The van der Waals surface area contributed by atoms with E-state index in [-0.39, 0.29) is 23.9 Å². The van der Waals surface area contributed by atoms with Gasteiger partial charge in [-0.15, -0.1) is 0 Å². The molecule has 126 valence electrons. The van der Waals surface area contributed by atoms with Gasteiger partial charge in [0.25, 0.3) is 0 Å². The van der Waals surface area contributed by atoms with Crippen LogP contribution in [0.4, 0.5) is 4.39 Å². The molecule has 2 heterocycles. The van der Waals surface area contributed by atoms with Crippen LogP contribution in [-0.4, -0.2) is 49.3 Å². The van der Waals surface area contributed by atoms with E-state index in [0.717, 1.165) is 44.5 Å². The number of amides is 1. The van der Waals surface area contributed by atoms with Crippen LogP contribution in [0.5, 0.6) is 0 Å². The average molecular weight is 321 g/mol. The standard InChI is InChI=1S/C18H24FNO3/c19-15-4-1-14(2-5-15)3-6-18(21)20-10-7-16(8-11-20)23-17-9-12-22-13-17/h1-2,4-5,16-17H,3,6-13H2. The lowest BCUT2D eigenvalue weighted by atomic mass is 10.1. The van der Waals surface area contributed by atoms with Gasteiger partial charge in [-0.1, -0.05) is 12.1 Å². The van der Waals surface area contributed by atoms with Gasteiger partial charge < -0.3 is 14.4 Å². The lowest BCUT2D eigenvalue weighted by Gasteiger charge is -2.33. The smallest absolute Gasteiger partial charge is 0.222 e. The second-order valence-corrected chi connectivity index (χ2v) is 6.33. The summed E-state index contributed by atoms with van der Waals surface area (Å²) in [6, 6.07) is 6.36. The number of benzene rings is 1. The Morgan fingerprint density at radius 1 is 1.17 bits per heavy atom. The van der Waals surface area contributed by atoms with E-state index in [9.17, 15) is 9.18 Å². The van der Waals surface area contributed by atoms with Crippen molar-refractivity contribution in [2.75, 3.05) is 26.3 Å². The highest BCUT2D eigenvalue weighted by atomic mass is 19.1. The molecule has 1 aromatic carbocycles. The minimum atomic E-state index is -0.241. The maximum atomic E-state index is 12.9. The number of ether oxygens (including phenoxy) is 2. The lowest BCUT2D eigenvalue weighted by Crippen LogP contribution is -2.42. The minimum absolute atomic E-state index is 0.178. The molecule has 3 rings (SSSR count). The molecule has 0 radical (unpaired) electrons. The van der Waals surface area contributed by atoms with E-state index >= 15 is 0 Å². The molecule has 4 nitrogen and oxygen atoms in total. The maximum Gasteiger partial charge on any atom is 0.222 e. The fraction of sp³-hybridized carbons (Fsp3) is 0.611. The van der Waals surface area contributed by atoms with E-state index in [1.54, 1.807) is 12.1 Å². The van der Waals surface area contributed by atoms with Crippen LogP contribution in [0.15, 0.2) is 24.3 Å². The number of likely N-dealkylation sites (tertiary alicyclic amines) is 1. The van der Waals surface area contributed by atoms with Crippen LogP contribution >= 0.6 is 0 Å². The van der Waals surface area contributed by atoms with Crippen molar-refractivity contribution in [1.29, 1.82) is 0 Å². The number of rotatable bonds is 5. The van der Waals surface area contributed by atoms with Crippen LogP contribution in [0, 0.1) is 5.82 Å². The van der Waals surface area contributed by atoms with Crippen molar-refractivity contribution >= 4 is 5.91 Å². The SMILES string of the molecule is O=C(CCc1ccc(F)cc1)N1CCC(OC2CCOC2)CC1. The summed E-state index contributed by atoms with van der Waals surface area (Å²) >= 11 is 0. The first-order valence-corrected chi connectivity index (χ1v) is 8.46. The van der Waals surface area contributed by atoms with Crippen molar-refractivity contribution in [3.63, 3.8) is 0 Å². The zero-order chi connectivity index (χ0) is 16.1. The number of halogens is 1. The van der Waals surface area contributed by atoms with E-state index in [0.29, 0.717) is 19.4 Å². The Morgan fingerprint density at radius 3 is 2.57 bits per heavy atom. The van der Waals surface area contributed by atoms with Gasteiger partial charge in [0.05, 0.1) is 18.8 Å². The molecule has 0 saturated carbocycles. The van der Waals surface area contributed by atoms with Gasteiger partial charge in [0.2, 0.25) is 5.91 Å². The zero-order valence-corrected chi connectivity index (χ0v) is 13.4. The molecule has 1 aromatic rings. The summed E-state index contributed by atoms with van der Waals surface area (Å²) in [5, 5.41) is 0. The third-order valence-corrected chi connectivity index (χ3v) is 4.61. The predicted octanol–water partition coefficient (Wildman–Crippen LogP) is 2.55. The minimum Gasteiger partial charge on any atom is -0.379 e. The van der Waals surface area contributed by atoms with Crippen LogP contribution in [0.2, 0.25) is 0 Å². The molecule has 1 atom stereocenters. The van der Waals surface area contributed by atoms with E-state index < -0.39 is 0 Å². The molecule has 2 saturated heterocycles. The van der Waals surface area contributed by atoms with Gasteiger partial charge in [0.1, 0.15) is 5.82 Å². The Labute approximate surface area is 136 Å². The summed E-state index contributed by atoms with van der Waals surface area (Å²) < 4.78 is 24.2. The summed E-state index contributed by atoms with van der Waals surface area (Å²) in [5.41, 5.74) is 0.999. The van der Waals surface area contributed by atoms with E-state index in [1.807, 2.05) is 4.90 Å². The Morgan fingerprint density at radius 2 is 1.91 bits per heavy atom. The second kappa shape index (κ2) is 7.88. The highest BCUT2D eigenvalue weighted by Gasteiger charge is 2.26. The van der Waals surface area contributed by atoms with E-state index in [1.165, 1.54) is 12.1 Å². The molecule has 0 aromatic heterocycles. The van der Waals surface area contributed by atoms with E-state index in [4.69, 9.17) is 9.47 Å². The van der Waals surface area contributed by atoms with Gasteiger partial charge in [0, 0.05) is 26.1 Å². The van der Waals surface area contributed by atoms with Crippen LogP contribution in [-0.2, 0) is 20.7 Å². The molecular weight excluding hydrogens is 297 g/mol. The summed E-state index contributed by atoms with van der Waals surface area (Å²) in [7, 11) is 0. The number of hydrogen-bond acceptors (Lipinski definition) is 3. The van der Waals surface area contributed by atoms with Crippen LogP contribution < -0.4 is 0 Å². The van der Waals surface area contributed by atoms with Crippen LogP contribution in [0.3, 0.4) is 0 Å². The van der Waals surface area contributed by atoms with Crippen molar-refractivity contribution in [3.8, 4) is 0 Å². The third-order valence-electron chi connectivity index (χ3n) is 4.61. The lowest BCUT2D eigenvalue weighted by molar-refractivity contribution is -0.134. The molecule has 2 aliphatic heterocycles. The van der Waals surface area contributed by atoms with Gasteiger partial charge in [0.15, 0.2) is 0 Å². The number of carbonyl (C=O) groups is 1. The zero-order valence-electron chi connectivity index (χ0n) is 13.4. The fourth-order valence-electron chi connectivity index (χ4n) is 3.19.